The minimum Gasteiger partial charge on any atom is -0.492 e. The average Bonchev–Trinajstić information content (AvgIpc) is 2.71. The molecule has 1 aromatic rings. The second-order valence-electron chi connectivity index (χ2n) is 6.75. The molecule has 0 radical (unpaired) electrons. The molecular weight excluding hydrogens is 344 g/mol. The normalized spacial score (nSPS) is 19.6. The molecule has 0 aromatic heterocycles. The van der Waals surface area contributed by atoms with Gasteiger partial charge >= 0.3 is 0 Å². The van der Waals surface area contributed by atoms with E-state index in [-0.39, 0.29) is 11.8 Å². The number of carbonyl (C=O) groups excluding carboxylic acids is 1. The Kier molecular flexibility index (Phi) is 6.98. The lowest BCUT2D eigenvalue weighted by molar-refractivity contribution is -0.120. The molecular formula is C21H30N2O4. The van der Waals surface area contributed by atoms with Gasteiger partial charge in [-0.25, -0.2) is 0 Å². The van der Waals surface area contributed by atoms with Gasteiger partial charge < -0.3 is 24.4 Å². The van der Waals surface area contributed by atoms with E-state index in [2.05, 4.69) is 22.4 Å². The van der Waals surface area contributed by atoms with E-state index in [0.29, 0.717) is 37.9 Å². The Morgan fingerprint density at radius 2 is 1.89 bits per heavy atom. The van der Waals surface area contributed by atoms with Gasteiger partial charge in [0.1, 0.15) is 11.5 Å². The van der Waals surface area contributed by atoms with Crippen molar-refractivity contribution in [3.8, 4) is 11.5 Å². The molecule has 3 rings (SSSR count). The van der Waals surface area contributed by atoms with Crippen molar-refractivity contribution in [3.05, 3.63) is 24.3 Å². The van der Waals surface area contributed by atoms with Crippen molar-refractivity contribution in [3.63, 3.8) is 0 Å². The van der Waals surface area contributed by atoms with Crippen LogP contribution < -0.4 is 19.7 Å². The van der Waals surface area contributed by atoms with Gasteiger partial charge in [-0.15, -0.1) is 0 Å². The van der Waals surface area contributed by atoms with Crippen LogP contribution in [0.25, 0.3) is 0 Å². The Balaban J connectivity index is 1.87. The molecule has 27 heavy (non-hydrogen) atoms. The lowest BCUT2D eigenvalue weighted by Gasteiger charge is -2.31. The van der Waals surface area contributed by atoms with E-state index in [1.54, 1.807) is 0 Å². The third kappa shape index (κ3) is 4.95. The number of hydrogen-bond donors (Lipinski definition) is 1. The highest BCUT2D eigenvalue weighted by atomic mass is 16.5. The van der Waals surface area contributed by atoms with Crippen LogP contribution >= 0.6 is 0 Å². The van der Waals surface area contributed by atoms with Gasteiger partial charge in [0.05, 0.1) is 37.8 Å². The van der Waals surface area contributed by atoms with Gasteiger partial charge in [0.25, 0.3) is 0 Å². The summed E-state index contributed by atoms with van der Waals surface area (Å²) in [4.78, 5) is 15.0. The maximum absolute atomic E-state index is 12.7. The van der Waals surface area contributed by atoms with Gasteiger partial charge in [-0.05, 0) is 33.1 Å². The van der Waals surface area contributed by atoms with Crippen LogP contribution in [-0.4, -0.2) is 45.4 Å². The number of ether oxygens (including phenoxy) is 3. The Hall–Kier alpha value is -2.21. The first-order chi connectivity index (χ1) is 13.2. The Labute approximate surface area is 161 Å². The van der Waals surface area contributed by atoms with E-state index in [1.165, 1.54) is 0 Å². The van der Waals surface area contributed by atoms with Crippen molar-refractivity contribution in [1.29, 1.82) is 0 Å². The molecule has 1 heterocycles. The number of nitrogens with zero attached hydrogens (tertiary/aromatic N) is 1. The summed E-state index contributed by atoms with van der Waals surface area (Å²) in [6.45, 7) is 8.02. The number of benzene rings is 1. The Morgan fingerprint density at radius 1 is 1.15 bits per heavy atom. The summed E-state index contributed by atoms with van der Waals surface area (Å²) >= 11 is 0. The minimum absolute atomic E-state index is 0.0129. The number of nitrogens with one attached hydrogen (secondary N) is 1. The fraction of sp³-hybridized carbons (Fsp3) is 0.571. The lowest BCUT2D eigenvalue weighted by Crippen LogP contribution is -2.36. The first-order valence-electron chi connectivity index (χ1n) is 9.95. The van der Waals surface area contributed by atoms with Gasteiger partial charge in [-0.3, -0.25) is 4.79 Å². The molecule has 1 aliphatic carbocycles. The van der Waals surface area contributed by atoms with E-state index in [1.807, 2.05) is 26.0 Å². The number of allylic oxidation sites excluding steroid dienone is 2. The molecule has 1 fully saturated rings. The fourth-order valence-electron chi connectivity index (χ4n) is 3.51. The molecule has 2 aliphatic rings. The predicted octanol–water partition coefficient (Wildman–Crippen LogP) is 3.62. The molecule has 148 valence electrons. The smallest absolute Gasteiger partial charge is 0.227 e. The van der Waals surface area contributed by atoms with Crippen molar-refractivity contribution < 1.29 is 19.0 Å². The number of carbonyl (C=O) groups is 1. The van der Waals surface area contributed by atoms with Crippen LogP contribution in [0.4, 0.5) is 11.4 Å². The van der Waals surface area contributed by atoms with E-state index in [0.717, 1.165) is 43.8 Å². The summed E-state index contributed by atoms with van der Waals surface area (Å²) in [5.41, 5.74) is 1.67. The number of amides is 1. The standard InChI is InChI=1S/C21H30N2O4/c1-3-26-19-15-18(23-10-12-25-13-11-23)20(27-4-2)14-17(19)22-21(24)16-8-6-5-7-9-16/h5-6,14-16H,3-4,7-13H2,1-2H3,(H,22,24)/t16-/m0/s1. The largest absolute Gasteiger partial charge is 0.492 e. The monoisotopic (exact) mass is 374 g/mol. The highest BCUT2D eigenvalue weighted by Gasteiger charge is 2.23. The molecule has 1 aliphatic heterocycles. The second-order valence-corrected chi connectivity index (χ2v) is 6.75. The van der Waals surface area contributed by atoms with E-state index in [4.69, 9.17) is 14.2 Å². The molecule has 1 aromatic carbocycles. The van der Waals surface area contributed by atoms with Crippen molar-refractivity contribution in [2.45, 2.75) is 33.1 Å². The first kappa shape index (κ1) is 19.5. The zero-order valence-electron chi connectivity index (χ0n) is 16.3. The molecule has 0 saturated carbocycles. The molecule has 1 amide bonds. The summed E-state index contributed by atoms with van der Waals surface area (Å²) in [7, 11) is 0. The van der Waals surface area contributed by atoms with Crippen molar-refractivity contribution >= 4 is 17.3 Å². The number of hydrogen-bond acceptors (Lipinski definition) is 5. The Morgan fingerprint density at radius 3 is 2.56 bits per heavy atom. The fourth-order valence-corrected chi connectivity index (χ4v) is 3.51. The van der Waals surface area contributed by atoms with Crippen molar-refractivity contribution in [2.75, 3.05) is 49.7 Å². The molecule has 6 nitrogen and oxygen atoms in total. The molecule has 6 heteroatoms. The molecule has 0 bridgehead atoms. The topological polar surface area (TPSA) is 60.0 Å². The molecule has 0 spiro atoms. The van der Waals surface area contributed by atoms with Gasteiger partial charge in [0, 0.05) is 31.1 Å². The molecule has 1 atom stereocenters. The first-order valence-corrected chi connectivity index (χ1v) is 9.95. The average molecular weight is 374 g/mol. The minimum atomic E-state index is 0.0129. The zero-order chi connectivity index (χ0) is 19.1. The predicted molar refractivity (Wildman–Crippen MR) is 107 cm³/mol. The van der Waals surface area contributed by atoms with E-state index < -0.39 is 0 Å². The number of rotatable bonds is 7. The van der Waals surface area contributed by atoms with Crippen molar-refractivity contribution in [2.24, 2.45) is 5.92 Å². The van der Waals surface area contributed by atoms with Gasteiger partial charge in [-0.2, -0.15) is 0 Å². The molecule has 1 saturated heterocycles. The van der Waals surface area contributed by atoms with Crippen LogP contribution in [0.1, 0.15) is 33.1 Å². The van der Waals surface area contributed by atoms with Crippen LogP contribution in [0.3, 0.4) is 0 Å². The van der Waals surface area contributed by atoms with E-state index >= 15 is 0 Å². The third-order valence-electron chi connectivity index (χ3n) is 4.91. The lowest BCUT2D eigenvalue weighted by atomic mass is 9.93. The summed E-state index contributed by atoms with van der Waals surface area (Å²) in [6, 6.07) is 3.88. The van der Waals surface area contributed by atoms with Crippen LogP contribution in [0.15, 0.2) is 24.3 Å². The highest BCUT2D eigenvalue weighted by molar-refractivity contribution is 5.95. The van der Waals surface area contributed by atoms with Gasteiger partial charge in [-0.1, -0.05) is 12.2 Å². The maximum atomic E-state index is 12.7. The van der Waals surface area contributed by atoms with Gasteiger partial charge in [0.2, 0.25) is 5.91 Å². The summed E-state index contributed by atoms with van der Waals surface area (Å²) in [5.74, 6) is 1.50. The van der Waals surface area contributed by atoms with Crippen LogP contribution in [0.5, 0.6) is 11.5 Å². The summed E-state index contributed by atoms with van der Waals surface area (Å²) in [5, 5.41) is 3.07. The van der Waals surface area contributed by atoms with E-state index in [9.17, 15) is 4.79 Å². The van der Waals surface area contributed by atoms with Gasteiger partial charge in [0.15, 0.2) is 0 Å². The summed E-state index contributed by atoms with van der Waals surface area (Å²) in [6.07, 6.45) is 6.86. The second kappa shape index (κ2) is 9.65. The zero-order valence-corrected chi connectivity index (χ0v) is 16.3. The highest BCUT2D eigenvalue weighted by Crippen LogP contribution is 2.39. The quantitative estimate of drug-likeness (QED) is 0.739. The van der Waals surface area contributed by atoms with Crippen LogP contribution in [0.2, 0.25) is 0 Å². The van der Waals surface area contributed by atoms with Crippen LogP contribution in [0, 0.1) is 5.92 Å². The van der Waals surface area contributed by atoms with Crippen molar-refractivity contribution in [1.82, 2.24) is 0 Å². The number of anilines is 2. The number of morpholine rings is 1. The third-order valence-corrected chi connectivity index (χ3v) is 4.91. The summed E-state index contributed by atoms with van der Waals surface area (Å²) < 4.78 is 17.2. The maximum Gasteiger partial charge on any atom is 0.227 e. The Bertz CT molecular complexity index is 668. The SMILES string of the molecule is CCOc1cc(N2CCOCC2)c(OCC)cc1NC(=O)[C@H]1CC=CCC1. The molecule has 0 unspecified atom stereocenters. The van der Waals surface area contributed by atoms with Crippen LogP contribution in [-0.2, 0) is 9.53 Å². The molecule has 1 N–H and O–H groups in total.